The Morgan fingerprint density at radius 3 is 2.79 bits per heavy atom. The van der Waals surface area contributed by atoms with Crippen LogP contribution < -0.4 is 5.76 Å². The van der Waals surface area contributed by atoms with Gasteiger partial charge in [-0.15, -0.1) is 0 Å². The van der Waals surface area contributed by atoms with Gasteiger partial charge in [-0.2, -0.15) is 0 Å². The molecule has 0 bridgehead atoms. The summed E-state index contributed by atoms with van der Waals surface area (Å²) < 4.78 is 6.48. The molecule has 0 radical (unpaired) electrons. The molecule has 0 atom stereocenters. The number of nitrogens with zero attached hydrogens (tertiary/aromatic N) is 1. The second kappa shape index (κ2) is 4.06. The molecule has 1 N–H and O–H groups in total. The third-order valence-corrected chi connectivity index (χ3v) is 4.15. The van der Waals surface area contributed by atoms with Gasteiger partial charge >= 0.3 is 5.76 Å². The number of aryl methyl sites for hydroxylation is 1. The molecule has 0 spiro atoms. The van der Waals surface area contributed by atoms with Crippen LogP contribution >= 0.6 is 0 Å². The SMILES string of the molecule is Cn1c(=O)oc2cc(C(=O)C3(CO)CCC3)ccc21. The minimum atomic E-state index is -0.622. The lowest BCUT2D eigenvalue weighted by Crippen LogP contribution is -2.41. The van der Waals surface area contributed by atoms with Crippen molar-refractivity contribution in [2.24, 2.45) is 12.5 Å². The number of oxazole rings is 1. The highest BCUT2D eigenvalue weighted by atomic mass is 16.4. The van der Waals surface area contributed by atoms with Crippen LogP contribution in [0.5, 0.6) is 0 Å². The van der Waals surface area contributed by atoms with E-state index in [1.54, 1.807) is 25.2 Å². The summed E-state index contributed by atoms with van der Waals surface area (Å²) in [5.74, 6) is -0.505. The van der Waals surface area contributed by atoms with Gasteiger partial charge in [0, 0.05) is 12.6 Å². The Hall–Kier alpha value is -1.88. The van der Waals surface area contributed by atoms with Gasteiger partial charge in [-0.05, 0) is 31.0 Å². The van der Waals surface area contributed by atoms with E-state index < -0.39 is 11.2 Å². The van der Waals surface area contributed by atoms with Gasteiger partial charge in [-0.1, -0.05) is 6.42 Å². The van der Waals surface area contributed by atoms with Gasteiger partial charge in [0.2, 0.25) is 0 Å². The first-order chi connectivity index (χ1) is 9.07. The van der Waals surface area contributed by atoms with Crippen LogP contribution in [0.2, 0.25) is 0 Å². The van der Waals surface area contributed by atoms with Gasteiger partial charge in [0.05, 0.1) is 17.5 Å². The highest BCUT2D eigenvalue weighted by Gasteiger charge is 2.43. The molecular weight excluding hydrogens is 246 g/mol. The monoisotopic (exact) mass is 261 g/mol. The molecule has 19 heavy (non-hydrogen) atoms. The zero-order chi connectivity index (χ0) is 13.6. The predicted molar refractivity (Wildman–Crippen MR) is 69.2 cm³/mol. The maximum absolute atomic E-state index is 12.4. The first kappa shape index (κ1) is 12.2. The third kappa shape index (κ3) is 1.65. The molecule has 3 rings (SSSR count). The second-order valence-corrected chi connectivity index (χ2v) is 5.23. The van der Waals surface area contributed by atoms with E-state index >= 15 is 0 Å². The molecule has 1 saturated carbocycles. The molecule has 1 fully saturated rings. The summed E-state index contributed by atoms with van der Waals surface area (Å²) >= 11 is 0. The zero-order valence-electron chi connectivity index (χ0n) is 10.7. The zero-order valence-corrected chi connectivity index (χ0v) is 10.7. The third-order valence-electron chi connectivity index (χ3n) is 4.15. The first-order valence-corrected chi connectivity index (χ1v) is 6.33. The van der Waals surface area contributed by atoms with Crippen molar-refractivity contribution in [3.8, 4) is 0 Å². The normalized spacial score (nSPS) is 17.4. The molecule has 0 unspecified atom stereocenters. The van der Waals surface area contributed by atoms with Crippen LogP contribution in [0, 0.1) is 5.41 Å². The van der Waals surface area contributed by atoms with E-state index in [1.165, 1.54) is 4.57 Å². The van der Waals surface area contributed by atoms with Gasteiger partial charge < -0.3 is 9.52 Å². The topological polar surface area (TPSA) is 72.4 Å². The Morgan fingerprint density at radius 1 is 1.47 bits per heavy atom. The van der Waals surface area contributed by atoms with Crippen molar-refractivity contribution in [3.63, 3.8) is 0 Å². The Balaban J connectivity index is 2.06. The summed E-state index contributed by atoms with van der Waals surface area (Å²) in [7, 11) is 1.62. The maximum Gasteiger partial charge on any atom is 0.419 e. The van der Waals surface area contributed by atoms with Crippen molar-refractivity contribution in [2.75, 3.05) is 6.61 Å². The number of rotatable bonds is 3. The number of carbonyl (C=O) groups excluding carboxylic acids is 1. The number of aliphatic hydroxyl groups is 1. The number of fused-ring (bicyclic) bond motifs is 1. The second-order valence-electron chi connectivity index (χ2n) is 5.23. The Morgan fingerprint density at radius 2 is 2.21 bits per heavy atom. The molecule has 1 aromatic heterocycles. The van der Waals surface area contributed by atoms with Crippen LogP contribution in [-0.2, 0) is 7.05 Å². The smallest absolute Gasteiger partial charge is 0.408 e. The molecule has 100 valence electrons. The Kier molecular flexibility index (Phi) is 2.60. The standard InChI is InChI=1S/C14H15NO4/c1-15-10-4-3-9(7-11(10)19-13(15)18)12(17)14(8-16)5-2-6-14/h3-4,7,16H,2,5-6,8H2,1H3. The number of carbonyl (C=O) groups is 1. The number of ketones is 1. The lowest BCUT2D eigenvalue weighted by molar-refractivity contribution is 0.0348. The average Bonchev–Trinajstić information content (AvgIpc) is 2.64. The summed E-state index contributed by atoms with van der Waals surface area (Å²) in [6.07, 6.45) is 2.41. The van der Waals surface area contributed by atoms with E-state index in [1.807, 2.05) is 0 Å². The fraction of sp³-hybridized carbons (Fsp3) is 0.429. The fourth-order valence-corrected chi connectivity index (χ4v) is 2.64. The van der Waals surface area contributed by atoms with Crippen LogP contribution in [-0.4, -0.2) is 22.1 Å². The highest BCUT2D eigenvalue weighted by molar-refractivity contribution is 6.03. The maximum atomic E-state index is 12.4. The van der Waals surface area contributed by atoms with Crippen molar-refractivity contribution in [1.29, 1.82) is 0 Å². The van der Waals surface area contributed by atoms with Crippen LogP contribution in [0.1, 0.15) is 29.6 Å². The van der Waals surface area contributed by atoms with Gasteiger partial charge in [0.15, 0.2) is 11.4 Å². The van der Waals surface area contributed by atoms with Gasteiger partial charge in [-0.3, -0.25) is 9.36 Å². The van der Waals surface area contributed by atoms with Crippen molar-refractivity contribution in [2.45, 2.75) is 19.3 Å². The highest BCUT2D eigenvalue weighted by Crippen LogP contribution is 2.43. The van der Waals surface area contributed by atoms with Crippen molar-refractivity contribution in [1.82, 2.24) is 4.57 Å². The lowest BCUT2D eigenvalue weighted by Gasteiger charge is -2.38. The van der Waals surface area contributed by atoms with Crippen molar-refractivity contribution in [3.05, 3.63) is 34.3 Å². The van der Waals surface area contributed by atoms with Crippen molar-refractivity contribution < 1.29 is 14.3 Å². The van der Waals surface area contributed by atoms with Crippen molar-refractivity contribution >= 4 is 16.9 Å². The summed E-state index contributed by atoms with van der Waals surface area (Å²) in [6.45, 7) is -0.122. The van der Waals surface area contributed by atoms with E-state index in [0.717, 1.165) is 19.3 Å². The number of hydrogen-bond donors (Lipinski definition) is 1. The fourth-order valence-electron chi connectivity index (χ4n) is 2.64. The van der Waals surface area contributed by atoms with Crippen LogP contribution in [0.4, 0.5) is 0 Å². The van der Waals surface area contributed by atoms with Crippen LogP contribution in [0.3, 0.4) is 0 Å². The summed E-state index contributed by atoms with van der Waals surface area (Å²) in [5, 5.41) is 9.43. The average molecular weight is 261 g/mol. The number of aliphatic hydroxyl groups excluding tert-OH is 1. The Bertz CT molecular complexity index is 700. The quantitative estimate of drug-likeness (QED) is 0.849. The predicted octanol–water partition coefficient (Wildman–Crippen LogP) is 1.48. The molecule has 1 heterocycles. The van der Waals surface area contributed by atoms with E-state index in [2.05, 4.69) is 0 Å². The van der Waals surface area contributed by atoms with Gasteiger partial charge in [0.1, 0.15) is 0 Å². The molecule has 0 aliphatic heterocycles. The largest absolute Gasteiger partial charge is 0.419 e. The number of benzene rings is 1. The van der Waals surface area contributed by atoms with Gasteiger partial charge in [0.25, 0.3) is 0 Å². The Labute approximate surface area is 109 Å². The summed E-state index contributed by atoms with van der Waals surface area (Å²) in [6, 6.07) is 4.99. The molecule has 1 aromatic carbocycles. The lowest BCUT2D eigenvalue weighted by atomic mass is 9.65. The van der Waals surface area contributed by atoms with Crippen LogP contribution in [0.25, 0.3) is 11.1 Å². The molecule has 0 amide bonds. The minimum absolute atomic E-state index is 0.0605. The minimum Gasteiger partial charge on any atom is -0.408 e. The molecule has 2 aromatic rings. The van der Waals surface area contributed by atoms with E-state index in [9.17, 15) is 14.7 Å². The number of aromatic nitrogens is 1. The molecular formula is C14H15NO4. The molecule has 5 heteroatoms. The van der Waals surface area contributed by atoms with Crippen LogP contribution in [0.15, 0.2) is 27.4 Å². The van der Waals surface area contributed by atoms with E-state index in [4.69, 9.17) is 4.42 Å². The summed E-state index contributed by atoms with van der Waals surface area (Å²) in [5.41, 5.74) is 0.942. The molecule has 1 aliphatic rings. The molecule has 0 saturated heterocycles. The van der Waals surface area contributed by atoms with E-state index in [-0.39, 0.29) is 12.4 Å². The molecule has 5 nitrogen and oxygen atoms in total. The summed E-state index contributed by atoms with van der Waals surface area (Å²) in [4.78, 5) is 23.8. The van der Waals surface area contributed by atoms with Gasteiger partial charge in [-0.25, -0.2) is 4.79 Å². The first-order valence-electron chi connectivity index (χ1n) is 6.33. The van der Waals surface area contributed by atoms with E-state index in [0.29, 0.717) is 16.7 Å². The molecule has 1 aliphatic carbocycles. The number of Topliss-reactive ketones (excluding diaryl/α,β-unsaturated/α-hetero) is 1. The number of hydrogen-bond acceptors (Lipinski definition) is 4.